The number of nitrogens with two attached hydrogens (primary N) is 1. The number of thioether (sulfide) groups is 1. The molecule has 1 aromatic rings. The van der Waals surface area contributed by atoms with Gasteiger partial charge in [0.1, 0.15) is 11.9 Å². The molecule has 0 fully saturated rings. The van der Waals surface area contributed by atoms with Crippen LogP contribution in [0.5, 0.6) is 0 Å². The van der Waals surface area contributed by atoms with Crippen molar-refractivity contribution in [3.63, 3.8) is 0 Å². The van der Waals surface area contributed by atoms with Crippen LogP contribution in [0.1, 0.15) is 53.4 Å². The van der Waals surface area contributed by atoms with Gasteiger partial charge < -0.3 is 10.4 Å². The van der Waals surface area contributed by atoms with Crippen molar-refractivity contribution in [1.29, 1.82) is 0 Å². The molecule has 1 rings (SSSR count). The van der Waals surface area contributed by atoms with E-state index in [0.29, 0.717) is 11.6 Å². The van der Waals surface area contributed by atoms with Crippen LogP contribution in [0.4, 0.5) is 11.8 Å². The molecule has 30 heavy (non-hydrogen) atoms. The molecule has 0 aliphatic rings. The molecule has 1 heterocycles. The van der Waals surface area contributed by atoms with Crippen molar-refractivity contribution < 1.29 is 9.90 Å². The van der Waals surface area contributed by atoms with E-state index in [9.17, 15) is 9.90 Å². The van der Waals surface area contributed by atoms with E-state index < -0.39 is 12.0 Å². The minimum atomic E-state index is -0.919. The lowest BCUT2D eigenvalue weighted by atomic mass is 10.1. The zero-order valence-electron chi connectivity index (χ0n) is 18.4. The van der Waals surface area contributed by atoms with Crippen molar-refractivity contribution in [2.45, 2.75) is 59.4 Å². The summed E-state index contributed by atoms with van der Waals surface area (Å²) in [5, 5.41) is 12.4. The molecule has 1 atom stereocenters. The summed E-state index contributed by atoms with van der Waals surface area (Å²) in [4.78, 5) is 19.5. The van der Waals surface area contributed by atoms with E-state index in [1.807, 2.05) is 0 Å². The van der Waals surface area contributed by atoms with E-state index in [0.717, 1.165) is 31.4 Å². The predicted molar refractivity (Wildman–Crippen MR) is 128 cm³/mol. The number of nitrogens with zero attached hydrogens (tertiary/aromatic N) is 2. The summed E-state index contributed by atoms with van der Waals surface area (Å²) < 4.78 is 0. The highest BCUT2D eigenvalue weighted by Gasteiger charge is 2.17. The predicted octanol–water partition coefficient (Wildman–Crippen LogP) is 4.78. The fourth-order valence-electron chi connectivity index (χ4n) is 2.59. The number of aromatic nitrogens is 2. The van der Waals surface area contributed by atoms with Gasteiger partial charge in [-0.3, -0.25) is 5.43 Å². The lowest BCUT2D eigenvalue weighted by molar-refractivity contribution is -0.137. The lowest BCUT2D eigenvalue weighted by Crippen LogP contribution is -2.32. The fourth-order valence-corrected chi connectivity index (χ4v) is 3.59. The first-order valence-corrected chi connectivity index (χ1v) is 11.3. The molecular weight excluding hydrogens is 398 g/mol. The highest BCUT2D eigenvalue weighted by atomic mass is 32.2. The van der Waals surface area contributed by atoms with Crippen LogP contribution in [0, 0.1) is 0 Å². The van der Waals surface area contributed by atoms with Crippen molar-refractivity contribution in [2.75, 3.05) is 22.2 Å². The zero-order chi connectivity index (χ0) is 22.4. The average molecular weight is 434 g/mol. The zero-order valence-corrected chi connectivity index (χ0v) is 19.3. The number of rotatable bonds is 14. The number of hydrogen-bond acceptors (Lipinski definition) is 7. The molecule has 0 amide bonds. The number of hydrogen-bond donors (Lipinski definition) is 4. The lowest BCUT2D eigenvalue weighted by Gasteiger charge is -2.14. The third kappa shape index (κ3) is 11.6. The van der Waals surface area contributed by atoms with Crippen LogP contribution >= 0.6 is 11.8 Å². The van der Waals surface area contributed by atoms with Crippen LogP contribution in [-0.4, -0.2) is 38.6 Å². The van der Waals surface area contributed by atoms with E-state index in [-0.39, 0.29) is 5.95 Å². The largest absolute Gasteiger partial charge is 0.480 e. The van der Waals surface area contributed by atoms with E-state index in [1.165, 1.54) is 22.9 Å². The van der Waals surface area contributed by atoms with Gasteiger partial charge in [-0.05, 0) is 59.4 Å². The topological polar surface area (TPSA) is 113 Å². The average Bonchev–Trinajstić information content (AvgIpc) is 2.70. The Kier molecular flexibility index (Phi) is 12.5. The second-order valence-corrected chi connectivity index (χ2v) is 8.52. The van der Waals surface area contributed by atoms with E-state index in [2.05, 4.69) is 66.6 Å². The summed E-state index contributed by atoms with van der Waals surface area (Å²) >= 11 is 1.58. The first-order chi connectivity index (χ1) is 14.3. The van der Waals surface area contributed by atoms with Crippen LogP contribution in [-0.2, 0) is 4.79 Å². The third-order valence-corrected chi connectivity index (χ3v) is 5.33. The van der Waals surface area contributed by atoms with Crippen LogP contribution in [0.3, 0.4) is 0 Å². The Morgan fingerprint density at radius 2 is 1.83 bits per heavy atom. The van der Waals surface area contributed by atoms with Gasteiger partial charge in [0, 0.05) is 17.7 Å². The van der Waals surface area contributed by atoms with Crippen molar-refractivity contribution in [2.24, 2.45) is 5.84 Å². The van der Waals surface area contributed by atoms with E-state index in [4.69, 9.17) is 5.84 Å². The summed E-state index contributed by atoms with van der Waals surface area (Å²) in [7, 11) is 0. The Morgan fingerprint density at radius 3 is 2.47 bits per heavy atom. The molecule has 5 N–H and O–H groups in total. The SMILES string of the molecule is CC(C)=CCC/C(C)=C/CC/C(C)=C/CSC[C@H](Nc1ccnc(NN)n1)C(=O)O. The van der Waals surface area contributed by atoms with Gasteiger partial charge in [0.2, 0.25) is 5.95 Å². The molecule has 0 aromatic carbocycles. The number of aliphatic carboxylic acids is 1. The van der Waals surface area contributed by atoms with Gasteiger partial charge in [-0.15, -0.1) is 0 Å². The molecule has 1 aromatic heterocycles. The smallest absolute Gasteiger partial charge is 0.327 e. The molecule has 0 aliphatic carbocycles. The molecule has 0 aliphatic heterocycles. The van der Waals surface area contributed by atoms with Gasteiger partial charge in [-0.1, -0.05) is 34.9 Å². The molecular formula is C22H35N5O2S. The Morgan fingerprint density at radius 1 is 1.17 bits per heavy atom. The summed E-state index contributed by atoms with van der Waals surface area (Å²) in [5.41, 5.74) is 6.47. The summed E-state index contributed by atoms with van der Waals surface area (Å²) in [6.45, 7) is 8.58. The van der Waals surface area contributed by atoms with Crippen molar-refractivity contribution >= 4 is 29.5 Å². The minimum Gasteiger partial charge on any atom is -0.480 e. The molecule has 0 radical (unpaired) electrons. The van der Waals surface area contributed by atoms with E-state index >= 15 is 0 Å². The van der Waals surface area contributed by atoms with E-state index in [1.54, 1.807) is 17.8 Å². The van der Waals surface area contributed by atoms with Crippen molar-refractivity contribution in [3.8, 4) is 0 Å². The van der Waals surface area contributed by atoms with Gasteiger partial charge in [0.05, 0.1) is 0 Å². The molecule has 8 heteroatoms. The second kappa shape index (κ2) is 14.6. The maximum Gasteiger partial charge on any atom is 0.327 e. The molecule has 0 bridgehead atoms. The highest BCUT2D eigenvalue weighted by Crippen LogP contribution is 2.14. The number of allylic oxidation sites excluding steroid dienone is 5. The van der Waals surface area contributed by atoms with Gasteiger partial charge >= 0.3 is 5.97 Å². The quantitative estimate of drug-likeness (QED) is 0.143. The Hall–Kier alpha value is -2.32. The Bertz CT molecular complexity index is 758. The maximum absolute atomic E-state index is 11.5. The normalized spacial score (nSPS) is 13.0. The van der Waals surface area contributed by atoms with Gasteiger partial charge in [0.25, 0.3) is 0 Å². The number of hydrazine groups is 1. The minimum absolute atomic E-state index is 0.233. The molecule has 0 saturated carbocycles. The van der Waals surface area contributed by atoms with Gasteiger partial charge in [-0.2, -0.15) is 16.7 Å². The van der Waals surface area contributed by atoms with Crippen LogP contribution in [0.15, 0.2) is 47.2 Å². The molecule has 7 nitrogen and oxygen atoms in total. The van der Waals surface area contributed by atoms with Gasteiger partial charge in [0.15, 0.2) is 0 Å². The highest BCUT2D eigenvalue weighted by molar-refractivity contribution is 7.99. The maximum atomic E-state index is 11.5. The fraction of sp³-hybridized carbons (Fsp3) is 0.500. The summed E-state index contributed by atoms with van der Waals surface area (Å²) in [6.07, 6.45) is 12.6. The first kappa shape index (κ1) is 25.7. The number of anilines is 2. The standard InChI is InChI=1S/C22H35N5O2S/c1-16(2)7-5-8-17(3)9-6-10-18(4)12-14-30-15-19(21(28)29)25-20-11-13-24-22(26-20)27-23/h7,9,11-13,19H,5-6,8,10,14-15,23H2,1-4H3,(H,28,29)(H2,24,25,26,27)/b17-9+,18-12+/t19-/m0/s1. The second-order valence-electron chi connectivity index (χ2n) is 7.44. The Labute approximate surface area is 184 Å². The molecule has 166 valence electrons. The molecule has 0 spiro atoms. The number of carboxylic acids is 1. The van der Waals surface area contributed by atoms with Crippen LogP contribution in [0.25, 0.3) is 0 Å². The van der Waals surface area contributed by atoms with Gasteiger partial charge in [-0.25, -0.2) is 15.6 Å². The monoisotopic (exact) mass is 433 g/mol. The first-order valence-electron chi connectivity index (χ1n) is 10.1. The molecule has 0 saturated heterocycles. The van der Waals surface area contributed by atoms with Crippen molar-refractivity contribution in [3.05, 3.63) is 47.2 Å². The van der Waals surface area contributed by atoms with Crippen LogP contribution in [0.2, 0.25) is 0 Å². The summed E-state index contributed by atoms with van der Waals surface area (Å²) in [5.74, 6) is 6.22. The summed E-state index contributed by atoms with van der Waals surface area (Å²) in [6, 6.07) is 0.872. The number of carboxylic acid groups (broad SMARTS) is 1. The van der Waals surface area contributed by atoms with Crippen LogP contribution < -0.4 is 16.6 Å². The Balaban J connectivity index is 2.38. The number of nitrogens with one attached hydrogen (secondary N) is 2. The number of nitrogen functional groups attached to an aromatic ring is 1. The van der Waals surface area contributed by atoms with Crippen molar-refractivity contribution in [1.82, 2.24) is 9.97 Å². The third-order valence-electron chi connectivity index (χ3n) is 4.36. The number of carbonyl (C=O) groups is 1. The molecule has 0 unspecified atom stereocenters.